The maximum Gasteiger partial charge on any atom is 0.136 e. The fraction of sp³-hybridized carbons (Fsp3) is 0.923. The topological polar surface area (TPSA) is 37.3 Å². The van der Waals surface area contributed by atoms with Crippen molar-refractivity contribution in [1.29, 1.82) is 0 Å². The zero-order valence-corrected chi connectivity index (χ0v) is 9.83. The Morgan fingerprint density at radius 2 is 2.27 bits per heavy atom. The second-order valence-electron chi connectivity index (χ2n) is 5.72. The van der Waals surface area contributed by atoms with Crippen LogP contribution in [-0.2, 0) is 4.79 Å². The Labute approximate surface area is 92.1 Å². The van der Waals surface area contributed by atoms with E-state index in [0.717, 1.165) is 25.7 Å². The molecule has 4 atom stereocenters. The first-order valence-electron chi connectivity index (χ1n) is 6.23. The molecule has 1 unspecified atom stereocenters. The lowest BCUT2D eigenvalue weighted by molar-refractivity contribution is -0.130. The summed E-state index contributed by atoms with van der Waals surface area (Å²) in [5.74, 6) is 1.68. The molecule has 0 aliphatic heterocycles. The minimum absolute atomic E-state index is 0.192. The van der Waals surface area contributed by atoms with Gasteiger partial charge in [0.2, 0.25) is 0 Å². The molecule has 0 bridgehead atoms. The molecule has 2 heteroatoms. The lowest BCUT2D eigenvalue weighted by Crippen LogP contribution is -2.39. The molecule has 0 aromatic carbocycles. The Balaban J connectivity index is 2.21. The largest absolute Gasteiger partial charge is 0.396 e. The molecule has 2 saturated carbocycles. The van der Waals surface area contributed by atoms with Gasteiger partial charge in [-0.25, -0.2) is 0 Å². The molecule has 0 aromatic rings. The number of hydrogen-bond acceptors (Lipinski definition) is 2. The third kappa shape index (κ3) is 1.63. The first-order chi connectivity index (χ1) is 7.09. The lowest BCUT2D eigenvalue weighted by Gasteiger charge is -2.41. The number of ketones is 1. The molecule has 2 aliphatic rings. The molecular formula is C13H22O2. The van der Waals surface area contributed by atoms with Crippen LogP contribution in [0.5, 0.6) is 0 Å². The Morgan fingerprint density at radius 3 is 2.93 bits per heavy atom. The van der Waals surface area contributed by atoms with E-state index in [1.807, 2.05) is 0 Å². The Kier molecular flexibility index (Phi) is 2.89. The summed E-state index contributed by atoms with van der Waals surface area (Å²) in [6.45, 7) is 4.66. The van der Waals surface area contributed by atoms with Crippen LogP contribution >= 0.6 is 0 Å². The van der Waals surface area contributed by atoms with Crippen molar-refractivity contribution in [2.75, 3.05) is 6.61 Å². The molecule has 2 rings (SSSR count). The van der Waals surface area contributed by atoms with E-state index in [1.54, 1.807) is 0 Å². The van der Waals surface area contributed by atoms with Gasteiger partial charge in [-0.3, -0.25) is 4.79 Å². The number of carbonyl (C=O) groups excluding carboxylic acids is 1. The van der Waals surface area contributed by atoms with Gasteiger partial charge in [-0.05, 0) is 42.9 Å². The fourth-order valence-electron chi connectivity index (χ4n) is 4.03. The van der Waals surface area contributed by atoms with E-state index in [-0.39, 0.29) is 12.0 Å². The smallest absolute Gasteiger partial charge is 0.136 e. The molecule has 2 fully saturated rings. The van der Waals surface area contributed by atoms with Crippen LogP contribution in [0.25, 0.3) is 0 Å². The minimum atomic E-state index is 0.192. The number of Topliss-reactive ketones (excluding diaryl/α,β-unsaturated/α-hetero) is 1. The molecule has 15 heavy (non-hydrogen) atoms. The average Bonchev–Trinajstić information content (AvgIpc) is 2.56. The quantitative estimate of drug-likeness (QED) is 0.760. The maximum atomic E-state index is 11.9. The van der Waals surface area contributed by atoms with Crippen LogP contribution in [0.4, 0.5) is 0 Å². The highest BCUT2D eigenvalue weighted by Crippen LogP contribution is 2.56. The first-order valence-corrected chi connectivity index (χ1v) is 6.23. The van der Waals surface area contributed by atoms with Crippen LogP contribution in [0, 0.1) is 23.2 Å². The minimum Gasteiger partial charge on any atom is -0.396 e. The highest BCUT2D eigenvalue weighted by atomic mass is 16.3. The van der Waals surface area contributed by atoms with E-state index in [0.29, 0.717) is 23.5 Å². The van der Waals surface area contributed by atoms with E-state index in [4.69, 9.17) is 0 Å². The third-order valence-corrected chi connectivity index (χ3v) is 4.91. The molecule has 0 heterocycles. The fourth-order valence-corrected chi connectivity index (χ4v) is 4.03. The number of fused-ring (bicyclic) bond motifs is 1. The highest BCUT2D eigenvalue weighted by Gasteiger charge is 2.52. The van der Waals surface area contributed by atoms with Gasteiger partial charge in [-0.1, -0.05) is 13.8 Å². The summed E-state index contributed by atoms with van der Waals surface area (Å²) in [5.41, 5.74) is 0.192. The van der Waals surface area contributed by atoms with Gasteiger partial charge >= 0.3 is 0 Å². The van der Waals surface area contributed by atoms with Crippen molar-refractivity contribution in [3.05, 3.63) is 0 Å². The molecule has 0 aromatic heterocycles. The zero-order chi connectivity index (χ0) is 11.1. The van der Waals surface area contributed by atoms with E-state index in [2.05, 4.69) is 13.8 Å². The number of aliphatic hydroxyl groups excluding tert-OH is 1. The number of rotatable bonds is 2. The van der Waals surface area contributed by atoms with E-state index in [1.165, 1.54) is 6.42 Å². The molecular weight excluding hydrogens is 188 g/mol. The molecule has 0 saturated heterocycles. The van der Waals surface area contributed by atoms with Crippen molar-refractivity contribution < 1.29 is 9.90 Å². The standard InChI is InChI=1S/C13H22O2/c1-9(8-14)10-5-6-11-12(15)4-3-7-13(10,11)2/h9-11,14H,3-8H2,1-2H3/t9-,10-,11?,13-/m1/s1. The zero-order valence-electron chi connectivity index (χ0n) is 9.83. The van der Waals surface area contributed by atoms with Crippen LogP contribution in [0.2, 0.25) is 0 Å². The summed E-state index contributed by atoms with van der Waals surface area (Å²) < 4.78 is 0. The second kappa shape index (κ2) is 3.89. The van der Waals surface area contributed by atoms with Gasteiger partial charge in [0.25, 0.3) is 0 Å². The summed E-state index contributed by atoms with van der Waals surface area (Å²) in [6.07, 6.45) is 5.22. The van der Waals surface area contributed by atoms with Gasteiger partial charge < -0.3 is 5.11 Å². The second-order valence-corrected chi connectivity index (χ2v) is 5.72. The van der Waals surface area contributed by atoms with Crippen molar-refractivity contribution in [3.8, 4) is 0 Å². The molecule has 0 radical (unpaired) electrons. The summed E-state index contributed by atoms with van der Waals surface area (Å²) in [6, 6.07) is 0. The molecule has 2 nitrogen and oxygen atoms in total. The summed E-state index contributed by atoms with van der Waals surface area (Å²) in [7, 11) is 0. The Hall–Kier alpha value is -0.370. The van der Waals surface area contributed by atoms with E-state index < -0.39 is 0 Å². The first kappa shape index (κ1) is 11.1. The van der Waals surface area contributed by atoms with Crippen LogP contribution < -0.4 is 0 Å². The van der Waals surface area contributed by atoms with Crippen LogP contribution in [0.1, 0.15) is 46.0 Å². The van der Waals surface area contributed by atoms with E-state index >= 15 is 0 Å². The van der Waals surface area contributed by atoms with Crippen LogP contribution in [-0.4, -0.2) is 17.5 Å². The SMILES string of the molecule is C[C@H](CO)[C@H]1CCC2C(=O)CCC[C@@]21C. The Bertz CT molecular complexity index is 261. The maximum absolute atomic E-state index is 11.9. The normalized spacial score (nSPS) is 42.7. The monoisotopic (exact) mass is 210 g/mol. The summed E-state index contributed by atoms with van der Waals surface area (Å²) >= 11 is 0. The van der Waals surface area contributed by atoms with E-state index in [9.17, 15) is 9.90 Å². The number of carbonyl (C=O) groups is 1. The van der Waals surface area contributed by atoms with Gasteiger partial charge in [0.1, 0.15) is 5.78 Å². The average molecular weight is 210 g/mol. The molecule has 2 aliphatic carbocycles. The van der Waals surface area contributed by atoms with Crippen molar-refractivity contribution in [3.63, 3.8) is 0 Å². The van der Waals surface area contributed by atoms with Crippen molar-refractivity contribution in [2.24, 2.45) is 23.2 Å². The van der Waals surface area contributed by atoms with Crippen LogP contribution in [0.3, 0.4) is 0 Å². The van der Waals surface area contributed by atoms with Gasteiger partial charge in [0.15, 0.2) is 0 Å². The van der Waals surface area contributed by atoms with Crippen molar-refractivity contribution in [1.82, 2.24) is 0 Å². The predicted molar refractivity (Wildman–Crippen MR) is 59.4 cm³/mol. The Morgan fingerprint density at radius 1 is 1.53 bits per heavy atom. The number of hydrogen-bond donors (Lipinski definition) is 1. The van der Waals surface area contributed by atoms with Gasteiger partial charge in [0, 0.05) is 18.9 Å². The van der Waals surface area contributed by atoms with Crippen molar-refractivity contribution >= 4 is 5.78 Å². The highest BCUT2D eigenvalue weighted by molar-refractivity contribution is 5.83. The predicted octanol–water partition coefficient (Wildman–Crippen LogP) is 2.40. The van der Waals surface area contributed by atoms with Gasteiger partial charge in [-0.15, -0.1) is 0 Å². The lowest BCUT2D eigenvalue weighted by atomic mass is 9.62. The molecule has 0 amide bonds. The van der Waals surface area contributed by atoms with Gasteiger partial charge in [-0.2, -0.15) is 0 Å². The summed E-state index contributed by atoms with van der Waals surface area (Å²) in [5, 5.41) is 9.28. The third-order valence-electron chi connectivity index (χ3n) is 4.91. The molecule has 0 spiro atoms. The molecule has 86 valence electrons. The van der Waals surface area contributed by atoms with Crippen molar-refractivity contribution in [2.45, 2.75) is 46.0 Å². The van der Waals surface area contributed by atoms with Gasteiger partial charge in [0.05, 0.1) is 0 Å². The molecule has 1 N–H and O–H groups in total. The number of aliphatic hydroxyl groups is 1. The van der Waals surface area contributed by atoms with Crippen LogP contribution in [0.15, 0.2) is 0 Å². The summed E-state index contributed by atoms with van der Waals surface area (Å²) in [4.78, 5) is 11.9.